The van der Waals surface area contributed by atoms with Crippen LogP contribution in [0.4, 0.5) is 0 Å². The third kappa shape index (κ3) is 4.94. The van der Waals surface area contributed by atoms with Gasteiger partial charge in [-0.05, 0) is 34.1 Å². The Morgan fingerprint density at radius 2 is 2.21 bits per heavy atom. The first-order valence-electron chi connectivity index (χ1n) is 5.45. The van der Waals surface area contributed by atoms with Crippen LogP contribution in [0, 0.1) is 0 Å². The van der Waals surface area contributed by atoms with E-state index in [1.54, 1.807) is 0 Å². The Bertz CT molecular complexity index is 159. The van der Waals surface area contributed by atoms with Gasteiger partial charge in [-0.25, -0.2) is 0 Å². The van der Waals surface area contributed by atoms with Crippen LogP contribution in [0.25, 0.3) is 0 Å². The SMILES string of the molecule is CC(CNC(C)(C)C)OC1CCOC1. The summed E-state index contributed by atoms with van der Waals surface area (Å²) in [5, 5.41) is 3.43. The number of rotatable bonds is 4. The van der Waals surface area contributed by atoms with Crippen molar-refractivity contribution >= 4 is 0 Å². The molecule has 1 fully saturated rings. The van der Waals surface area contributed by atoms with E-state index in [0.717, 1.165) is 26.2 Å². The molecule has 1 heterocycles. The third-order valence-corrected chi connectivity index (χ3v) is 2.23. The van der Waals surface area contributed by atoms with Gasteiger partial charge in [0.05, 0.1) is 18.8 Å². The predicted molar refractivity (Wildman–Crippen MR) is 57.5 cm³/mol. The molecule has 0 saturated carbocycles. The quantitative estimate of drug-likeness (QED) is 0.749. The highest BCUT2D eigenvalue weighted by Gasteiger charge is 2.19. The molecule has 1 N–H and O–H groups in total. The van der Waals surface area contributed by atoms with Crippen molar-refractivity contribution in [1.82, 2.24) is 5.32 Å². The van der Waals surface area contributed by atoms with E-state index in [4.69, 9.17) is 9.47 Å². The number of ether oxygens (including phenoxy) is 2. The molecule has 0 aromatic carbocycles. The molecule has 0 radical (unpaired) electrons. The molecule has 0 spiro atoms. The predicted octanol–water partition coefficient (Wildman–Crippen LogP) is 1.57. The molecule has 84 valence electrons. The van der Waals surface area contributed by atoms with Gasteiger partial charge in [-0.2, -0.15) is 0 Å². The van der Waals surface area contributed by atoms with E-state index in [1.807, 2.05) is 0 Å². The van der Waals surface area contributed by atoms with Gasteiger partial charge >= 0.3 is 0 Å². The van der Waals surface area contributed by atoms with E-state index in [1.165, 1.54) is 0 Å². The zero-order valence-corrected chi connectivity index (χ0v) is 9.80. The Labute approximate surface area is 87.2 Å². The Kier molecular flexibility index (Phi) is 4.35. The second kappa shape index (κ2) is 5.10. The fraction of sp³-hybridized carbons (Fsp3) is 1.00. The van der Waals surface area contributed by atoms with Crippen LogP contribution in [0.1, 0.15) is 34.1 Å². The van der Waals surface area contributed by atoms with Gasteiger partial charge in [0, 0.05) is 18.7 Å². The lowest BCUT2D eigenvalue weighted by Gasteiger charge is -2.25. The summed E-state index contributed by atoms with van der Waals surface area (Å²) in [4.78, 5) is 0. The second-order valence-electron chi connectivity index (χ2n) is 5.06. The molecule has 2 atom stereocenters. The average molecular weight is 201 g/mol. The first-order valence-corrected chi connectivity index (χ1v) is 5.45. The van der Waals surface area contributed by atoms with E-state index < -0.39 is 0 Å². The van der Waals surface area contributed by atoms with Crippen LogP contribution in [0.2, 0.25) is 0 Å². The lowest BCUT2D eigenvalue weighted by Crippen LogP contribution is -2.41. The van der Waals surface area contributed by atoms with Gasteiger partial charge in [0.25, 0.3) is 0 Å². The largest absolute Gasteiger partial charge is 0.379 e. The van der Waals surface area contributed by atoms with Crippen molar-refractivity contribution in [1.29, 1.82) is 0 Å². The van der Waals surface area contributed by atoms with Crippen molar-refractivity contribution in [2.45, 2.75) is 51.9 Å². The van der Waals surface area contributed by atoms with Crippen LogP contribution < -0.4 is 5.32 Å². The van der Waals surface area contributed by atoms with E-state index in [2.05, 4.69) is 33.0 Å². The van der Waals surface area contributed by atoms with Crippen LogP contribution >= 0.6 is 0 Å². The molecule has 1 aliphatic heterocycles. The van der Waals surface area contributed by atoms with Crippen molar-refractivity contribution in [3.05, 3.63) is 0 Å². The molecular weight excluding hydrogens is 178 g/mol. The van der Waals surface area contributed by atoms with Crippen LogP contribution in [0.5, 0.6) is 0 Å². The summed E-state index contributed by atoms with van der Waals surface area (Å²) in [6, 6.07) is 0. The van der Waals surface area contributed by atoms with Gasteiger partial charge in [0.2, 0.25) is 0 Å². The lowest BCUT2D eigenvalue weighted by molar-refractivity contribution is -0.00786. The summed E-state index contributed by atoms with van der Waals surface area (Å²) < 4.78 is 11.1. The molecule has 0 aromatic heterocycles. The number of hydrogen-bond acceptors (Lipinski definition) is 3. The topological polar surface area (TPSA) is 30.5 Å². The molecule has 0 aliphatic carbocycles. The maximum Gasteiger partial charge on any atom is 0.0834 e. The summed E-state index contributed by atoms with van der Waals surface area (Å²) in [6.45, 7) is 11.1. The molecule has 3 nitrogen and oxygen atoms in total. The highest BCUT2D eigenvalue weighted by molar-refractivity contribution is 4.73. The summed E-state index contributed by atoms with van der Waals surface area (Å²) in [5.74, 6) is 0. The minimum Gasteiger partial charge on any atom is -0.379 e. The fourth-order valence-electron chi connectivity index (χ4n) is 1.45. The Morgan fingerprint density at radius 3 is 2.71 bits per heavy atom. The molecule has 0 amide bonds. The van der Waals surface area contributed by atoms with Crippen LogP contribution in [0.15, 0.2) is 0 Å². The van der Waals surface area contributed by atoms with Gasteiger partial charge < -0.3 is 14.8 Å². The van der Waals surface area contributed by atoms with Crippen molar-refractivity contribution < 1.29 is 9.47 Å². The molecule has 2 unspecified atom stereocenters. The van der Waals surface area contributed by atoms with Gasteiger partial charge in [-0.3, -0.25) is 0 Å². The first kappa shape index (κ1) is 12.0. The summed E-state index contributed by atoms with van der Waals surface area (Å²) in [6.07, 6.45) is 1.62. The van der Waals surface area contributed by atoms with Gasteiger partial charge in [-0.15, -0.1) is 0 Å². The Balaban J connectivity index is 2.12. The van der Waals surface area contributed by atoms with Gasteiger partial charge in [0.15, 0.2) is 0 Å². The van der Waals surface area contributed by atoms with Crippen molar-refractivity contribution in [2.24, 2.45) is 0 Å². The molecule has 3 heteroatoms. The number of hydrogen-bond donors (Lipinski definition) is 1. The molecule has 14 heavy (non-hydrogen) atoms. The van der Waals surface area contributed by atoms with Crippen LogP contribution in [-0.4, -0.2) is 37.5 Å². The van der Waals surface area contributed by atoms with Crippen LogP contribution in [0.3, 0.4) is 0 Å². The lowest BCUT2D eigenvalue weighted by atomic mass is 10.1. The third-order valence-electron chi connectivity index (χ3n) is 2.23. The maximum absolute atomic E-state index is 5.82. The van der Waals surface area contributed by atoms with E-state index in [0.29, 0.717) is 6.10 Å². The minimum absolute atomic E-state index is 0.170. The zero-order valence-electron chi connectivity index (χ0n) is 9.80. The Hall–Kier alpha value is -0.120. The highest BCUT2D eigenvalue weighted by atomic mass is 16.5. The standard InChI is InChI=1S/C11H23NO2/c1-9(7-12-11(2,3)4)14-10-5-6-13-8-10/h9-10,12H,5-8H2,1-4H3. The number of nitrogens with one attached hydrogen (secondary N) is 1. The molecule has 0 bridgehead atoms. The van der Waals surface area contributed by atoms with Gasteiger partial charge in [0.1, 0.15) is 0 Å². The smallest absolute Gasteiger partial charge is 0.0834 e. The monoisotopic (exact) mass is 201 g/mol. The average Bonchev–Trinajstić information content (AvgIpc) is 2.52. The highest BCUT2D eigenvalue weighted by Crippen LogP contribution is 2.10. The molecular formula is C11H23NO2. The van der Waals surface area contributed by atoms with Crippen molar-refractivity contribution in [3.8, 4) is 0 Å². The molecule has 0 aromatic rings. The minimum atomic E-state index is 0.170. The normalized spacial score (nSPS) is 25.3. The fourth-order valence-corrected chi connectivity index (χ4v) is 1.45. The van der Waals surface area contributed by atoms with Crippen molar-refractivity contribution in [3.63, 3.8) is 0 Å². The van der Waals surface area contributed by atoms with Crippen LogP contribution in [-0.2, 0) is 9.47 Å². The molecule has 1 aliphatic rings. The maximum atomic E-state index is 5.82. The van der Waals surface area contributed by atoms with E-state index in [-0.39, 0.29) is 11.6 Å². The first-order chi connectivity index (χ1) is 6.47. The van der Waals surface area contributed by atoms with Gasteiger partial charge in [-0.1, -0.05) is 0 Å². The molecule has 1 rings (SSSR count). The van der Waals surface area contributed by atoms with E-state index >= 15 is 0 Å². The van der Waals surface area contributed by atoms with E-state index in [9.17, 15) is 0 Å². The summed E-state index contributed by atoms with van der Waals surface area (Å²) in [7, 11) is 0. The summed E-state index contributed by atoms with van der Waals surface area (Å²) >= 11 is 0. The molecule has 1 saturated heterocycles. The van der Waals surface area contributed by atoms with Crippen molar-refractivity contribution in [2.75, 3.05) is 19.8 Å². The Morgan fingerprint density at radius 1 is 1.50 bits per heavy atom. The second-order valence-corrected chi connectivity index (χ2v) is 5.06. The summed E-state index contributed by atoms with van der Waals surface area (Å²) in [5.41, 5.74) is 0.170. The zero-order chi connectivity index (χ0) is 10.6.